The van der Waals surface area contributed by atoms with Crippen molar-refractivity contribution in [2.75, 3.05) is 0 Å². The summed E-state index contributed by atoms with van der Waals surface area (Å²) in [5.74, 6) is -3.23. The Kier molecular flexibility index (Phi) is 4.22. The molecule has 8 nitrogen and oxygen atoms in total. The van der Waals surface area contributed by atoms with Crippen molar-refractivity contribution >= 4 is 17.5 Å². The molecule has 3 unspecified atom stereocenters. The third-order valence-electron chi connectivity index (χ3n) is 4.16. The summed E-state index contributed by atoms with van der Waals surface area (Å²) < 4.78 is 1.59. The number of carbonyl (C=O) groups is 2. The molecule has 1 N–H and O–H groups in total. The summed E-state index contributed by atoms with van der Waals surface area (Å²) in [5.41, 5.74) is 0.231. The van der Waals surface area contributed by atoms with Crippen LogP contribution in [0, 0.1) is 27.4 Å². The maximum absolute atomic E-state index is 12.5. The zero-order chi connectivity index (χ0) is 18.0. The van der Waals surface area contributed by atoms with Gasteiger partial charge in [-0.25, -0.2) is 0 Å². The molecule has 3 rings (SSSR count). The van der Waals surface area contributed by atoms with Crippen LogP contribution >= 0.6 is 0 Å². The fraction of sp³-hybridized carbons (Fsp3) is 0.176. The highest BCUT2D eigenvalue weighted by atomic mass is 16.6. The number of nitrogens with one attached hydrogen (secondary N) is 1. The van der Waals surface area contributed by atoms with Gasteiger partial charge in [-0.3, -0.25) is 25.0 Å². The number of hydrogen-bond acceptors (Lipinski definition) is 5. The third kappa shape index (κ3) is 2.95. The van der Waals surface area contributed by atoms with E-state index in [0.29, 0.717) is 5.56 Å². The Morgan fingerprint density at radius 1 is 1.12 bits per heavy atom. The minimum Gasteiger partial charge on any atom is -0.289 e. The van der Waals surface area contributed by atoms with Gasteiger partial charge in [0.1, 0.15) is 5.92 Å². The number of nitrogens with zero attached hydrogens (tertiary/aromatic N) is 3. The van der Waals surface area contributed by atoms with E-state index in [2.05, 4.69) is 5.32 Å². The number of benzene rings is 1. The van der Waals surface area contributed by atoms with Crippen LogP contribution < -0.4 is 9.88 Å². The van der Waals surface area contributed by atoms with Crippen molar-refractivity contribution in [2.24, 2.45) is 5.92 Å². The number of aromatic nitrogens is 1. The number of nitro benzene ring substituents is 1. The second kappa shape index (κ2) is 6.49. The number of amides is 2. The van der Waals surface area contributed by atoms with Gasteiger partial charge < -0.3 is 0 Å². The van der Waals surface area contributed by atoms with Crippen LogP contribution in [0.4, 0.5) is 5.69 Å². The van der Waals surface area contributed by atoms with Crippen molar-refractivity contribution < 1.29 is 19.1 Å². The lowest BCUT2D eigenvalue weighted by Gasteiger charge is -2.29. The van der Waals surface area contributed by atoms with Gasteiger partial charge in [0.15, 0.2) is 12.4 Å². The van der Waals surface area contributed by atoms with Gasteiger partial charge in [-0.15, -0.1) is 0 Å². The first-order chi connectivity index (χ1) is 12.0. The molecule has 0 spiro atoms. The largest absolute Gasteiger partial charge is 0.296 e. The zero-order valence-corrected chi connectivity index (χ0v) is 12.9. The van der Waals surface area contributed by atoms with Gasteiger partial charge in [0.25, 0.3) is 11.6 Å². The molecule has 0 saturated carbocycles. The first-order valence-electron chi connectivity index (χ1n) is 7.47. The summed E-state index contributed by atoms with van der Waals surface area (Å²) in [6.45, 7) is 0. The van der Waals surface area contributed by atoms with Gasteiger partial charge in [0.05, 0.1) is 16.9 Å². The minimum absolute atomic E-state index is 0.163. The molecule has 1 fully saturated rings. The van der Waals surface area contributed by atoms with Crippen molar-refractivity contribution in [3.8, 4) is 6.07 Å². The average molecular weight is 337 g/mol. The van der Waals surface area contributed by atoms with Crippen LogP contribution in [-0.4, -0.2) is 16.7 Å². The maximum atomic E-state index is 12.5. The number of hydrogen-bond donors (Lipinski definition) is 1. The number of pyridine rings is 1. The number of nitriles is 1. The van der Waals surface area contributed by atoms with Gasteiger partial charge in [-0.1, -0.05) is 18.2 Å². The lowest BCUT2D eigenvalue weighted by atomic mass is 9.77. The van der Waals surface area contributed by atoms with E-state index in [-0.39, 0.29) is 5.69 Å². The Balaban J connectivity index is 2.16. The topological polar surface area (TPSA) is 117 Å². The van der Waals surface area contributed by atoms with Gasteiger partial charge in [0.2, 0.25) is 11.9 Å². The van der Waals surface area contributed by atoms with Crippen LogP contribution in [0.5, 0.6) is 0 Å². The summed E-state index contributed by atoms with van der Waals surface area (Å²) in [6, 6.07) is 11.9. The van der Waals surface area contributed by atoms with Crippen molar-refractivity contribution in [1.82, 2.24) is 5.32 Å². The van der Waals surface area contributed by atoms with Gasteiger partial charge in [-0.2, -0.15) is 9.83 Å². The summed E-state index contributed by atoms with van der Waals surface area (Å²) in [7, 11) is 0. The molecule has 1 saturated heterocycles. The fourth-order valence-electron chi connectivity index (χ4n) is 3.06. The van der Waals surface area contributed by atoms with Crippen molar-refractivity contribution in [1.29, 1.82) is 5.26 Å². The lowest BCUT2D eigenvalue weighted by Crippen LogP contribution is -2.59. The molecule has 1 aliphatic rings. The molecule has 1 aromatic carbocycles. The average Bonchev–Trinajstić information content (AvgIpc) is 2.62. The molecule has 25 heavy (non-hydrogen) atoms. The zero-order valence-electron chi connectivity index (χ0n) is 12.9. The Morgan fingerprint density at radius 3 is 2.48 bits per heavy atom. The number of piperidine rings is 1. The van der Waals surface area contributed by atoms with Crippen LogP contribution in [0.15, 0.2) is 54.9 Å². The number of non-ortho nitro benzene ring substituents is 1. The second-order valence-corrected chi connectivity index (χ2v) is 5.61. The van der Waals surface area contributed by atoms with Crippen LogP contribution in [0.25, 0.3) is 0 Å². The molecule has 1 aromatic heterocycles. The van der Waals surface area contributed by atoms with E-state index in [1.165, 1.54) is 18.2 Å². The molecule has 1 aliphatic heterocycles. The molecule has 0 radical (unpaired) electrons. The van der Waals surface area contributed by atoms with E-state index in [9.17, 15) is 25.0 Å². The van der Waals surface area contributed by atoms with Gasteiger partial charge >= 0.3 is 0 Å². The predicted molar refractivity (Wildman–Crippen MR) is 83.8 cm³/mol. The quantitative estimate of drug-likeness (QED) is 0.388. The number of carbonyl (C=O) groups excluding carboxylic acids is 2. The highest BCUT2D eigenvalue weighted by Crippen LogP contribution is 2.37. The van der Waals surface area contributed by atoms with E-state index >= 15 is 0 Å². The molecular formula is C17H13N4O4+. The normalized spacial score (nSPS) is 22.8. The van der Waals surface area contributed by atoms with Gasteiger partial charge in [0, 0.05) is 24.3 Å². The van der Waals surface area contributed by atoms with Crippen LogP contribution in [0.1, 0.15) is 17.5 Å². The van der Waals surface area contributed by atoms with E-state index in [0.717, 1.165) is 0 Å². The molecular weight excluding hydrogens is 324 g/mol. The minimum atomic E-state index is -1.14. The van der Waals surface area contributed by atoms with E-state index in [1.807, 2.05) is 6.07 Å². The molecule has 0 aliphatic carbocycles. The molecule has 2 aromatic rings. The summed E-state index contributed by atoms with van der Waals surface area (Å²) in [5, 5.41) is 22.7. The highest BCUT2D eigenvalue weighted by Gasteiger charge is 2.50. The van der Waals surface area contributed by atoms with E-state index < -0.39 is 34.6 Å². The second-order valence-electron chi connectivity index (χ2n) is 5.61. The smallest absolute Gasteiger partial charge is 0.289 e. The summed E-state index contributed by atoms with van der Waals surface area (Å²) >= 11 is 0. The molecule has 2 amide bonds. The molecule has 8 heteroatoms. The third-order valence-corrected chi connectivity index (χ3v) is 4.16. The summed E-state index contributed by atoms with van der Waals surface area (Å²) in [4.78, 5) is 35.1. The maximum Gasteiger partial charge on any atom is 0.296 e. The monoisotopic (exact) mass is 337 g/mol. The Hall–Kier alpha value is -3.60. The van der Waals surface area contributed by atoms with Crippen molar-refractivity contribution in [3.63, 3.8) is 0 Å². The Bertz CT molecular complexity index is 891. The Labute approximate surface area is 142 Å². The number of imide groups is 1. The fourth-order valence-corrected chi connectivity index (χ4v) is 3.06. The predicted octanol–water partition coefficient (Wildman–Crippen LogP) is 1.00. The van der Waals surface area contributed by atoms with Crippen LogP contribution in [0.2, 0.25) is 0 Å². The SMILES string of the molecule is N#CC1C(=O)NC(=O)C([n+]2ccccc2)C1c1cccc([N+](=O)[O-])c1. The summed E-state index contributed by atoms with van der Waals surface area (Å²) in [6.07, 6.45) is 3.30. The molecule has 0 bridgehead atoms. The van der Waals surface area contributed by atoms with Crippen molar-refractivity contribution in [2.45, 2.75) is 12.0 Å². The molecule has 124 valence electrons. The van der Waals surface area contributed by atoms with E-state index in [1.54, 1.807) is 41.2 Å². The van der Waals surface area contributed by atoms with Crippen LogP contribution in [0.3, 0.4) is 0 Å². The first kappa shape index (κ1) is 16.3. The van der Waals surface area contributed by atoms with Crippen molar-refractivity contribution in [3.05, 3.63) is 70.5 Å². The molecule has 3 atom stereocenters. The highest BCUT2D eigenvalue weighted by molar-refractivity contribution is 6.02. The van der Waals surface area contributed by atoms with Gasteiger partial charge in [-0.05, 0) is 5.56 Å². The standard InChI is InChI=1S/C17H12N4O4/c18-10-13-14(11-5-4-6-12(9-11)21(24)25)15(17(23)19-16(13)22)20-7-2-1-3-8-20/h1-9,13-15H/p+1. The van der Waals surface area contributed by atoms with Crippen LogP contribution in [-0.2, 0) is 9.59 Å². The lowest BCUT2D eigenvalue weighted by molar-refractivity contribution is -0.713. The van der Waals surface area contributed by atoms with E-state index in [4.69, 9.17) is 0 Å². The number of rotatable bonds is 3. The number of nitro groups is 1. The first-order valence-corrected chi connectivity index (χ1v) is 7.47. The Morgan fingerprint density at radius 2 is 1.84 bits per heavy atom. The molecule has 2 heterocycles.